The Morgan fingerprint density at radius 3 is 2.61 bits per heavy atom. The summed E-state index contributed by atoms with van der Waals surface area (Å²) in [7, 11) is 0. The highest BCUT2D eigenvalue weighted by Crippen LogP contribution is 2.41. The monoisotopic (exact) mass is 384 g/mol. The molecule has 2 nitrogen and oxygen atoms in total. The van der Waals surface area contributed by atoms with Crippen molar-refractivity contribution >= 4 is 11.8 Å². The molecule has 28 heavy (non-hydrogen) atoms. The summed E-state index contributed by atoms with van der Waals surface area (Å²) in [5, 5.41) is 0. The molecule has 3 heteroatoms. The number of carbonyl (C=O) groups is 1. The number of hydrogen-bond acceptors (Lipinski definition) is 2. The van der Waals surface area contributed by atoms with Gasteiger partial charge in [-0.05, 0) is 80.7 Å². The van der Waals surface area contributed by atoms with Crippen LogP contribution in [0.25, 0.3) is 5.83 Å². The van der Waals surface area contributed by atoms with E-state index >= 15 is 4.39 Å². The van der Waals surface area contributed by atoms with Crippen LogP contribution in [0.1, 0.15) is 82.3 Å². The Labute approximate surface area is 169 Å². The number of benzene rings is 1. The van der Waals surface area contributed by atoms with Crippen molar-refractivity contribution in [1.29, 1.82) is 0 Å². The lowest BCUT2D eigenvalue weighted by molar-refractivity contribution is 0.0526. The lowest BCUT2D eigenvalue weighted by Gasteiger charge is -2.33. The minimum Gasteiger partial charge on any atom is -0.462 e. The van der Waals surface area contributed by atoms with E-state index in [9.17, 15) is 4.79 Å². The standard InChI is InChI=1S/C25H33FO2/c1-7-19-16-20(24(27)28-8-2)12-13-21(19)23(26)18(4)11-14-22-17(3)10-9-15-25(22,5)6/h11-14,16H,7-10,15H2,1-6H3/b14-11+,23-18-. The molecule has 1 aliphatic rings. The van der Waals surface area contributed by atoms with Gasteiger partial charge in [-0.3, -0.25) is 0 Å². The van der Waals surface area contributed by atoms with Gasteiger partial charge in [-0.2, -0.15) is 0 Å². The Bertz CT molecular complexity index is 825. The molecule has 0 amide bonds. The molecule has 0 N–H and O–H groups in total. The van der Waals surface area contributed by atoms with E-state index in [0.717, 1.165) is 18.4 Å². The summed E-state index contributed by atoms with van der Waals surface area (Å²) >= 11 is 0. The van der Waals surface area contributed by atoms with E-state index < -0.39 is 0 Å². The lowest BCUT2D eigenvalue weighted by atomic mass is 9.72. The first-order valence-electron chi connectivity index (χ1n) is 10.3. The molecule has 1 aliphatic carbocycles. The molecule has 0 radical (unpaired) electrons. The number of esters is 1. The van der Waals surface area contributed by atoms with Crippen molar-refractivity contribution in [3.05, 3.63) is 63.8 Å². The zero-order chi connectivity index (χ0) is 20.9. The fourth-order valence-electron chi connectivity index (χ4n) is 3.95. The van der Waals surface area contributed by atoms with Crippen LogP contribution in [0, 0.1) is 5.41 Å². The van der Waals surface area contributed by atoms with Crippen LogP contribution in [0.2, 0.25) is 0 Å². The van der Waals surface area contributed by atoms with Crippen LogP contribution in [0.4, 0.5) is 4.39 Å². The molecule has 0 unspecified atom stereocenters. The zero-order valence-corrected chi connectivity index (χ0v) is 18.1. The lowest BCUT2D eigenvalue weighted by Crippen LogP contribution is -2.19. The predicted molar refractivity (Wildman–Crippen MR) is 115 cm³/mol. The highest BCUT2D eigenvalue weighted by molar-refractivity contribution is 5.90. The molecule has 0 fully saturated rings. The number of carbonyl (C=O) groups excluding carboxylic acids is 1. The van der Waals surface area contributed by atoms with Gasteiger partial charge in [0, 0.05) is 5.56 Å². The molecule has 0 aromatic heterocycles. The van der Waals surface area contributed by atoms with Crippen LogP contribution in [0.3, 0.4) is 0 Å². The fraction of sp³-hybridized carbons (Fsp3) is 0.480. The molecule has 0 saturated heterocycles. The molecule has 0 heterocycles. The molecule has 0 bridgehead atoms. The largest absolute Gasteiger partial charge is 0.462 e. The topological polar surface area (TPSA) is 26.3 Å². The summed E-state index contributed by atoms with van der Waals surface area (Å²) in [4.78, 5) is 12.0. The first kappa shape index (κ1) is 22.1. The average molecular weight is 385 g/mol. The molecular formula is C25H33FO2. The summed E-state index contributed by atoms with van der Waals surface area (Å²) < 4.78 is 20.2. The van der Waals surface area contributed by atoms with E-state index in [0.29, 0.717) is 29.7 Å². The van der Waals surface area contributed by atoms with Crippen molar-refractivity contribution in [2.75, 3.05) is 6.61 Å². The minimum absolute atomic E-state index is 0.130. The van der Waals surface area contributed by atoms with Crippen LogP contribution < -0.4 is 0 Å². The Morgan fingerprint density at radius 2 is 2.00 bits per heavy atom. The van der Waals surface area contributed by atoms with Crippen molar-refractivity contribution in [2.24, 2.45) is 5.41 Å². The second-order valence-electron chi connectivity index (χ2n) is 8.21. The summed E-state index contributed by atoms with van der Waals surface area (Å²) in [5.41, 5.74) is 5.27. The zero-order valence-electron chi connectivity index (χ0n) is 18.1. The van der Waals surface area contributed by atoms with Crippen LogP contribution in [0.5, 0.6) is 0 Å². The van der Waals surface area contributed by atoms with E-state index in [4.69, 9.17) is 4.74 Å². The number of allylic oxidation sites excluding steroid dienone is 5. The SMILES string of the molecule is CCOC(=O)c1ccc(/C(F)=C(C)/C=C/C2=C(C)CCCC2(C)C)c(CC)c1. The smallest absolute Gasteiger partial charge is 0.338 e. The highest BCUT2D eigenvalue weighted by atomic mass is 19.1. The van der Waals surface area contributed by atoms with Crippen molar-refractivity contribution in [1.82, 2.24) is 0 Å². The second kappa shape index (κ2) is 9.36. The molecule has 2 rings (SSSR count). The van der Waals surface area contributed by atoms with E-state index in [1.54, 1.807) is 32.0 Å². The molecule has 0 atom stereocenters. The summed E-state index contributed by atoms with van der Waals surface area (Å²) in [6, 6.07) is 5.06. The number of halogens is 1. The Balaban J connectivity index is 2.36. The molecular weight excluding hydrogens is 351 g/mol. The summed E-state index contributed by atoms with van der Waals surface area (Å²) in [6.45, 7) is 12.6. The van der Waals surface area contributed by atoms with Gasteiger partial charge in [0.2, 0.25) is 0 Å². The molecule has 152 valence electrons. The number of ether oxygens (including phenoxy) is 1. The Morgan fingerprint density at radius 1 is 1.29 bits per heavy atom. The van der Waals surface area contributed by atoms with Gasteiger partial charge in [-0.1, -0.05) is 44.6 Å². The molecule has 1 aromatic carbocycles. The Hall–Kier alpha value is -2.16. The van der Waals surface area contributed by atoms with Gasteiger partial charge < -0.3 is 4.74 Å². The predicted octanol–water partition coefficient (Wildman–Crippen LogP) is 7.21. The third-order valence-electron chi connectivity index (χ3n) is 5.62. The van der Waals surface area contributed by atoms with Gasteiger partial charge in [-0.25, -0.2) is 9.18 Å². The first-order valence-corrected chi connectivity index (χ1v) is 10.3. The van der Waals surface area contributed by atoms with Gasteiger partial charge >= 0.3 is 5.97 Å². The van der Waals surface area contributed by atoms with Crippen molar-refractivity contribution in [3.63, 3.8) is 0 Å². The third kappa shape index (κ3) is 5.01. The third-order valence-corrected chi connectivity index (χ3v) is 5.62. The van der Waals surface area contributed by atoms with E-state index in [-0.39, 0.29) is 17.2 Å². The quantitative estimate of drug-likeness (QED) is 0.382. The minimum atomic E-state index is -0.369. The maximum absolute atomic E-state index is 15.2. The first-order chi connectivity index (χ1) is 13.2. The van der Waals surface area contributed by atoms with Crippen LogP contribution in [-0.4, -0.2) is 12.6 Å². The number of rotatable bonds is 6. The number of hydrogen-bond donors (Lipinski definition) is 0. The van der Waals surface area contributed by atoms with Crippen molar-refractivity contribution in [2.45, 2.75) is 67.2 Å². The van der Waals surface area contributed by atoms with E-state index in [1.165, 1.54) is 17.6 Å². The molecule has 0 aliphatic heterocycles. The number of aryl methyl sites for hydroxylation is 1. The maximum Gasteiger partial charge on any atom is 0.338 e. The molecule has 1 aromatic rings. The van der Waals surface area contributed by atoms with Crippen molar-refractivity contribution < 1.29 is 13.9 Å². The van der Waals surface area contributed by atoms with Crippen molar-refractivity contribution in [3.8, 4) is 0 Å². The van der Waals surface area contributed by atoms with Gasteiger partial charge in [0.15, 0.2) is 0 Å². The van der Waals surface area contributed by atoms with Gasteiger partial charge in [0.05, 0.1) is 12.2 Å². The van der Waals surface area contributed by atoms with Crippen LogP contribution in [-0.2, 0) is 11.2 Å². The highest BCUT2D eigenvalue weighted by Gasteiger charge is 2.26. The fourth-order valence-corrected chi connectivity index (χ4v) is 3.95. The van der Waals surface area contributed by atoms with E-state index in [2.05, 4.69) is 26.8 Å². The summed E-state index contributed by atoms with van der Waals surface area (Å²) in [6.07, 6.45) is 8.10. The molecule has 0 spiro atoms. The van der Waals surface area contributed by atoms with Crippen LogP contribution in [0.15, 0.2) is 47.1 Å². The molecule has 0 saturated carbocycles. The Kier molecular flexibility index (Phi) is 7.40. The summed E-state index contributed by atoms with van der Waals surface area (Å²) in [5.74, 6) is -0.609. The maximum atomic E-state index is 15.2. The average Bonchev–Trinajstić information content (AvgIpc) is 2.66. The van der Waals surface area contributed by atoms with Crippen LogP contribution >= 0.6 is 0 Å². The van der Waals surface area contributed by atoms with Gasteiger partial charge in [0.1, 0.15) is 5.83 Å². The van der Waals surface area contributed by atoms with E-state index in [1.807, 2.05) is 13.0 Å². The van der Waals surface area contributed by atoms with Gasteiger partial charge in [0.25, 0.3) is 0 Å². The van der Waals surface area contributed by atoms with Gasteiger partial charge in [-0.15, -0.1) is 0 Å². The second-order valence-corrected chi connectivity index (χ2v) is 8.21. The normalized spacial score (nSPS) is 17.7.